The molecule has 0 aliphatic heterocycles. The zero-order valence-electron chi connectivity index (χ0n) is 9.42. The van der Waals surface area contributed by atoms with Crippen LogP contribution in [0.1, 0.15) is 42.9 Å². The van der Waals surface area contributed by atoms with Gasteiger partial charge >= 0.3 is 0 Å². The van der Waals surface area contributed by atoms with E-state index in [1.165, 1.54) is 30.6 Å². The fourth-order valence-electron chi connectivity index (χ4n) is 1.74. The molecule has 0 N–H and O–H groups in total. The summed E-state index contributed by atoms with van der Waals surface area (Å²) in [5.41, 5.74) is 0. The fourth-order valence-corrected chi connectivity index (χ4v) is 2.74. The maximum atomic E-state index is 2.31. The third-order valence-electron chi connectivity index (χ3n) is 2.56. The molecule has 0 saturated carbocycles. The fraction of sp³-hybridized carbons (Fsp3) is 0.667. The zero-order valence-corrected chi connectivity index (χ0v) is 11.6. The van der Waals surface area contributed by atoms with Gasteiger partial charge in [0.05, 0.1) is 0 Å². The summed E-state index contributed by atoms with van der Waals surface area (Å²) in [6.45, 7) is 6.78. The Balaban J connectivity index is 0.00000169. The van der Waals surface area contributed by atoms with Gasteiger partial charge in [0.2, 0.25) is 0 Å². The molecule has 0 nitrogen and oxygen atoms in total. The average molecular weight is 247 g/mol. The maximum absolute atomic E-state index is 2.31. The Morgan fingerprint density at radius 1 is 1.29 bits per heavy atom. The molecule has 0 saturated heterocycles. The number of aryl methyl sites for hydroxylation is 1. The third kappa shape index (κ3) is 4.68. The molecule has 1 atom stereocenters. The van der Waals surface area contributed by atoms with E-state index >= 15 is 0 Å². The van der Waals surface area contributed by atoms with Crippen LogP contribution in [-0.4, -0.2) is 0 Å². The SMILES string of the molecule is CCCC(CC)Cc1ccc(C)s1.[V]. The molecule has 1 aromatic heterocycles. The molecular weight excluding hydrogens is 227 g/mol. The molecule has 0 bridgehead atoms. The second-order valence-corrected chi connectivity index (χ2v) is 5.15. The minimum atomic E-state index is 0. The van der Waals surface area contributed by atoms with Gasteiger partial charge in [0, 0.05) is 28.3 Å². The van der Waals surface area contributed by atoms with E-state index in [0.717, 1.165) is 5.92 Å². The maximum Gasteiger partial charge on any atom is 0.00508 e. The second kappa shape index (κ2) is 7.56. The van der Waals surface area contributed by atoms with Crippen LogP contribution in [0.5, 0.6) is 0 Å². The minimum Gasteiger partial charge on any atom is -0.146 e. The molecule has 0 aliphatic rings. The Bertz CT molecular complexity index is 242. The van der Waals surface area contributed by atoms with Gasteiger partial charge in [-0.2, -0.15) is 0 Å². The van der Waals surface area contributed by atoms with E-state index in [-0.39, 0.29) is 18.6 Å². The van der Waals surface area contributed by atoms with Crippen molar-refractivity contribution in [2.24, 2.45) is 5.92 Å². The molecule has 1 rings (SSSR count). The monoisotopic (exact) mass is 247 g/mol. The summed E-state index contributed by atoms with van der Waals surface area (Å²) >= 11 is 1.96. The van der Waals surface area contributed by atoms with Gasteiger partial charge in [-0.1, -0.05) is 33.1 Å². The summed E-state index contributed by atoms with van der Waals surface area (Å²) < 4.78 is 0. The molecular formula is C12H20SV. The first-order valence-corrected chi connectivity index (χ1v) is 6.13. The van der Waals surface area contributed by atoms with E-state index in [2.05, 4.69) is 32.9 Å². The van der Waals surface area contributed by atoms with Crippen molar-refractivity contribution in [1.29, 1.82) is 0 Å². The molecule has 0 spiro atoms. The largest absolute Gasteiger partial charge is 0.146 e. The van der Waals surface area contributed by atoms with E-state index < -0.39 is 0 Å². The Labute approximate surface area is 104 Å². The van der Waals surface area contributed by atoms with E-state index in [9.17, 15) is 0 Å². The topological polar surface area (TPSA) is 0 Å². The summed E-state index contributed by atoms with van der Waals surface area (Å²) in [5, 5.41) is 0. The summed E-state index contributed by atoms with van der Waals surface area (Å²) in [7, 11) is 0. The number of hydrogen-bond acceptors (Lipinski definition) is 1. The van der Waals surface area contributed by atoms with E-state index in [4.69, 9.17) is 0 Å². The first-order valence-electron chi connectivity index (χ1n) is 5.31. The smallest absolute Gasteiger partial charge is 0.00508 e. The van der Waals surface area contributed by atoms with Gasteiger partial charge in [-0.25, -0.2) is 0 Å². The Morgan fingerprint density at radius 2 is 2.00 bits per heavy atom. The minimum absolute atomic E-state index is 0. The van der Waals surface area contributed by atoms with Crippen molar-refractivity contribution in [2.75, 3.05) is 0 Å². The zero-order chi connectivity index (χ0) is 9.68. The summed E-state index contributed by atoms with van der Waals surface area (Å²) in [6.07, 6.45) is 5.32. The second-order valence-electron chi connectivity index (χ2n) is 3.78. The van der Waals surface area contributed by atoms with Crippen LogP contribution in [0.4, 0.5) is 0 Å². The third-order valence-corrected chi connectivity index (χ3v) is 3.58. The van der Waals surface area contributed by atoms with Gasteiger partial charge < -0.3 is 0 Å². The molecule has 2 heteroatoms. The first kappa shape index (κ1) is 14.3. The normalized spacial score (nSPS) is 12.2. The standard InChI is InChI=1S/C12H20S.V/c1-4-6-11(5-2)9-12-8-7-10(3)13-12;/h7-8,11H,4-6,9H2,1-3H3;. The van der Waals surface area contributed by atoms with Crippen molar-refractivity contribution in [3.8, 4) is 0 Å². The van der Waals surface area contributed by atoms with Crippen LogP contribution in [0.15, 0.2) is 12.1 Å². The van der Waals surface area contributed by atoms with Crippen LogP contribution >= 0.6 is 11.3 Å². The van der Waals surface area contributed by atoms with Crippen molar-refractivity contribution >= 4 is 11.3 Å². The molecule has 1 unspecified atom stereocenters. The van der Waals surface area contributed by atoms with Crippen LogP contribution in [0, 0.1) is 12.8 Å². The molecule has 1 heterocycles. The molecule has 0 fully saturated rings. The predicted octanol–water partition coefficient (Wildman–Crippen LogP) is 4.42. The van der Waals surface area contributed by atoms with E-state index in [0.29, 0.717) is 0 Å². The molecule has 79 valence electrons. The van der Waals surface area contributed by atoms with Gasteiger partial charge in [0.15, 0.2) is 0 Å². The molecule has 0 aromatic carbocycles. The van der Waals surface area contributed by atoms with E-state index in [1.54, 1.807) is 4.88 Å². The number of hydrogen-bond donors (Lipinski definition) is 0. The summed E-state index contributed by atoms with van der Waals surface area (Å²) in [5.74, 6) is 0.906. The van der Waals surface area contributed by atoms with Crippen molar-refractivity contribution in [1.82, 2.24) is 0 Å². The van der Waals surface area contributed by atoms with Crippen LogP contribution < -0.4 is 0 Å². The quantitative estimate of drug-likeness (QED) is 0.722. The predicted molar refractivity (Wildman–Crippen MR) is 61.4 cm³/mol. The van der Waals surface area contributed by atoms with Gasteiger partial charge in [-0.05, 0) is 31.4 Å². The molecule has 1 radical (unpaired) electrons. The molecule has 14 heavy (non-hydrogen) atoms. The van der Waals surface area contributed by atoms with Crippen molar-refractivity contribution in [3.63, 3.8) is 0 Å². The Morgan fingerprint density at radius 3 is 2.43 bits per heavy atom. The molecule has 1 aromatic rings. The van der Waals surface area contributed by atoms with Crippen LogP contribution in [0.25, 0.3) is 0 Å². The molecule has 0 aliphatic carbocycles. The van der Waals surface area contributed by atoms with Gasteiger partial charge in [-0.3, -0.25) is 0 Å². The van der Waals surface area contributed by atoms with Crippen LogP contribution in [0.3, 0.4) is 0 Å². The van der Waals surface area contributed by atoms with E-state index in [1.807, 2.05) is 11.3 Å². The number of rotatable bonds is 5. The van der Waals surface area contributed by atoms with Gasteiger partial charge in [-0.15, -0.1) is 11.3 Å². The van der Waals surface area contributed by atoms with Crippen LogP contribution in [0.2, 0.25) is 0 Å². The van der Waals surface area contributed by atoms with Crippen LogP contribution in [-0.2, 0) is 25.0 Å². The Kier molecular flexibility index (Phi) is 7.71. The van der Waals surface area contributed by atoms with Gasteiger partial charge in [0.1, 0.15) is 0 Å². The Hall–Kier alpha value is 0.284. The summed E-state index contributed by atoms with van der Waals surface area (Å²) in [6, 6.07) is 4.52. The average Bonchev–Trinajstić information content (AvgIpc) is 2.50. The van der Waals surface area contributed by atoms with Crippen molar-refractivity contribution < 1.29 is 18.6 Å². The van der Waals surface area contributed by atoms with Gasteiger partial charge in [0.25, 0.3) is 0 Å². The first-order chi connectivity index (χ1) is 6.26. The van der Waals surface area contributed by atoms with Crippen molar-refractivity contribution in [2.45, 2.75) is 46.5 Å². The molecule has 0 amide bonds. The number of thiophene rings is 1. The van der Waals surface area contributed by atoms with Crippen molar-refractivity contribution in [3.05, 3.63) is 21.9 Å². The summed E-state index contributed by atoms with van der Waals surface area (Å²) in [4.78, 5) is 3.01.